The van der Waals surface area contributed by atoms with Gasteiger partial charge in [-0.05, 0) is 18.8 Å². The summed E-state index contributed by atoms with van der Waals surface area (Å²) in [4.78, 5) is -0.403. The molecule has 0 radical (unpaired) electrons. The average Bonchev–Trinajstić information content (AvgIpc) is 2.05. The summed E-state index contributed by atoms with van der Waals surface area (Å²) < 4.78 is 0. The van der Waals surface area contributed by atoms with Crippen LogP contribution in [0.4, 0.5) is 0 Å². The Kier molecular flexibility index (Phi) is 4.33. The second-order valence-corrected chi connectivity index (χ2v) is 4.84. The second kappa shape index (κ2) is 4.79. The molecule has 3 heteroatoms. The van der Waals surface area contributed by atoms with Crippen LogP contribution in [0.3, 0.4) is 0 Å². The van der Waals surface area contributed by atoms with Gasteiger partial charge in [0, 0.05) is 0 Å². The van der Waals surface area contributed by atoms with Gasteiger partial charge in [-0.15, -0.1) is 34.8 Å². The van der Waals surface area contributed by atoms with Crippen LogP contribution in [-0.2, 0) is 0 Å². The first-order chi connectivity index (χ1) is 5.22. The van der Waals surface area contributed by atoms with Gasteiger partial charge in [-0.25, -0.2) is 0 Å². The highest BCUT2D eigenvalue weighted by atomic mass is 35.5. The lowest BCUT2D eigenvalue weighted by atomic mass is 9.87. The Bertz CT molecular complexity index is 108. The molecule has 66 valence electrons. The van der Waals surface area contributed by atoms with Gasteiger partial charge in [-0.3, -0.25) is 0 Å². The van der Waals surface area contributed by atoms with Crippen LogP contribution < -0.4 is 0 Å². The average molecular weight is 216 g/mol. The van der Waals surface area contributed by atoms with Crippen molar-refractivity contribution in [2.75, 3.05) is 0 Å². The summed E-state index contributed by atoms with van der Waals surface area (Å²) in [7, 11) is 0. The van der Waals surface area contributed by atoms with E-state index in [2.05, 4.69) is 0 Å². The van der Waals surface area contributed by atoms with Crippen molar-refractivity contribution >= 4 is 34.8 Å². The maximum atomic E-state index is 6.03. The summed E-state index contributed by atoms with van der Waals surface area (Å²) in [6.07, 6.45) is 6.31. The zero-order chi connectivity index (χ0) is 8.27. The van der Waals surface area contributed by atoms with Crippen molar-refractivity contribution < 1.29 is 0 Å². The molecule has 1 atom stereocenters. The van der Waals surface area contributed by atoms with Gasteiger partial charge in [-0.1, -0.05) is 19.3 Å². The van der Waals surface area contributed by atoms with E-state index in [1.165, 1.54) is 32.1 Å². The van der Waals surface area contributed by atoms with Crippen LogP contribution in [-0.4, -0.2) is 10.2 Å². The highest BCUT2D eigenvalue weighted by molar-refractivity contribution is 6.48. The van der Waals surface area contributed by atoms with Crippen LogP contribution in [0.15, 0.2) is 0 Å². The van der Waals surface area contributed by atoms with Crippen LogP contribution >= 0.6 is 34.8 Å². The molecule has 0 saturated heterocycles. The second-order valence-electron chi connectivity index (χ2n) is 3.18. The van der Waals surface area contributed by atoms with Gasteiger partial charge in [-0.2, -0.15) is 0 Å². The lowest BCUT2D eigenvalue weighted by Crippen LogP contribution is -2.23. The molecule has 0 aliphatic heterocycles. The summed E-state index contributed by atoms with van der Waals surface area (Å²) in [6, 6.07) is 0. The third-order valence-corrected chi connectivity index (χ3v) is 3.75. The van der Waals surface area contributed by atoms with Gasteiger partial charge in [0.15, 0.2) is 0 Å². The molecule has 0 N–H and O–H groups in total. The van der Waals surface area contributed by atoms with Gasteiger partial charge >= 0.3 is 0 Å². The molecule has 0 aromatic heterocycles. The molecular formula is C8H13Cl3. The van der Waals surface area contributed by atoms with Crippen molar-refractivity contribution in [3.05, 3.63) is 0 Å². The lowest BCUT2D eigenvalue weighted by Gasteiger charge is -2.26. The topological polar surface area (TPSA) is 0 Å². The molecule has 0 nitrogen and oxygen atoms in total. The molecule has 1 aliphatic carbocycles. The van der Waals surface area contributed by atoms with Gasteiger partial charge in [0.1, 0.15) is 4.84 Å². The normalized spacial score (nSPS) is 24.0. The van der Waals surface area contributed by atoms with E-state index in [-0.39, 0.29) is 5.38 Å². The smallest absolute Gasteiger partial charge is 0.120 e. The molecule has 1 saturated carbocycles. The number of alkyl halides is 3. The minimum atomic E-state index is -0.403. The quantitative estimate of drug-likeness (QED) is 0.611. The predicted molar refractivity (Wildman–Crippen MR) is 51.7 cm³/mol. The molecule has 1 aliphatic rings. The van der Waals surface area contributed by atoms with E-state index < -0.39 is 4.84 Å². The fraction of sp³-hybridized carbons (Fsp3) is 1.00. The largest absolute Gasteiger partial charge is 0.124 e. The highest BCUT2D eigenvalue weighted by Gasteiger charge is 2.26. The first-order valence-electron chi connectivity index (χ1n) is 4.14. The molecule has 11 heavy (non-hydrogen) atoms. The van der Waals surface area contributed by atoms with Crippen LogP contribution in [0.2, 0.25) is 0 Å². The fourth-order valence-electron chi connectivity index (χ4n) is 1.66. The van der Waals surface area contributed by atoms with E-state index in [0.717, 1.165) is 0 Å². The maximum Gasteiger partial charge on any atom is 0.124 e. The molecule has 1 rings (SSSR count). The van der Waals surface area contributed by atoms with Crippen LogP contribution in [0.25, 0.3) is 0 Å². The SMILES string of the molecule is ClC(Cl)C(Cl)C1CCCCC1. The van der Waals surface area contributed by atoms with E-state index in [9.17, 15) is 0 Å². The van der Waals surface area contributed by atoms with Crippen molar-refractivity contribution in [1.29, 1.82) is 0 Å². The number of hydrogen-bond donors (Lipinski definition) is 0. The molecule has 1 fully saturated rings. The molecule has 1 unspecified atom stereocenters. The van der Waals surface area contributed by atoms with E-state index in [0.29, 0.717) is 5.92 Å². The predicted octanol–water partition coefficient (Wildman–Crippen LogP) is 3.98. The number of hydrogen-bond acceptors (Lipinski definition) is 0. The van der Waals surface area contributed by atoms with Gasteiger partial charge in [0.25, 0.3) is 0 Å². The molecule has 0 aromatic carbocycles. The monoisotopic (exact) mass is 214 g/mol. The van der Waals surface area contributed by atoms with Gasteiger partial charge < -0.3 is 0 Å². The molecule has 0 heterocycles. The van der Waals surface area contributed by atoms with Crippen LogP contribution in [0.1, 0.15) is 32.1 Å². The van der Waals surface area contributed by atoms with Crippen LogP contribution in [0.5, 0.6) is 0 Å². The fourth-order valence-corrected chi connectivity index (χ4v) is 2.32. The van der Waals surface area contributed by atoms with Crippen molar-refractivity contribution in [2.24, 2.45) is 5.92 Å². The Morgan fingerprint density at radius 3 is 1.91 bits per heavy atom. The van der Waals surface area contributed by atoms with E-state index in [1.807, 2.05) is 0 Å². The van der Waals surface area contributed by atoms with Gasteiger partial charge in [0.05, 0.1) is 5.38 Å². The summed E-state index contributed by atoms with van der Waals surface area (Å²) in [6.45, 7) is 0. The minimum Gasteiger partial charge on any atom is -0.120 e. The maximum absolute atomic E-state index is 6.03. The van der Waals surface area contributed by atoms with E-state index in [1.54, 1.807) is 0 Å². The molecule has 0 spiro atoms. The number of rotatable bonds is 2. The van der Waals surface area contributed by atoms with E-state index >= 15 is 0 Å². The Morgan fingerprint density at radius 1 is 0.909 bits per heavy atom. The van der Waals surface area contributed by atoms with Crippen LogP contribution in [0, 0.1) is 5.92 Å². The Balaban J connectivity index is 2.32. The van der Waals surface area contributed by atoms with Crippen molar-refractivity contribution in [3.63, 3.8) is 0 Å². The summed E-state index contributed by atoms with van der Waals surface area (Å²) in [5, 5.41) is -0.0429. The number of halogens is 3. The lowest BCUT2D eigenvalue weighted by molar-refractivity contribution is 0.351. The summed E-state index contributed by atoms with van der Waals surface area (Å²) in [5.41, 5.74) is 0. The highest BCUT2D eigenvalue weighted by Crippen LogP contribution is 2.33. The van der Waals surface area contributed by atoms with Crippen molar-refractivity contribution in [2.45, 2.75) is 42.3 Å². The molecule has 0 bridgehead atoms. The Labute approximate surface area is 83.2 Å². The minimum absolute atomic E-state index is 0.0429. The third kappa shape index (κ3) is 3.01. The molecule has 0 aromatic rings. The zero-order valence-electron chi connectivity index (χ0n) is 6.40. The van der Waals surface area contributed by atoms with Crippen molar-refractivity contribution in [3.8, 4) is 0 Å². The van der Waals surface area contributed by atoms with Crippen molar-refractivity contribution in [1.82, 2.24) is 0 Å². The van der Waals surface area contributed by atoms with E-state index in [4.69, 9.17) is 34.8 Å². The summed E-state index contributed by atoms with van der Waals surface area (Å²) >= 11 is 17.4. The van der Waals surface area contributed by atoms with Gasteiger partial charge in [0.2, 0.25) is 0 Å². The standard InChI is InChI=1S/C8H13Cl3/c9-7(8(10)11)6-4-2-1-3-5-6/h6-8H,1-5H2. The first kappa shape index (κ1) is 9.95. The zero-order valence-corrected chi connectivity index (χ0v) is 8.67. The Morgan fingerprint density at radius 2 is 1.45 bits per heavy atom. The molecular weight excluding hydrogens is 202 g/mol. The Hall–Kier alpha value is 0.870. The summed E-state index contributed by atoms with van der Waals surface area (Å²) in [5.74, 6) is 0.547. The first-order valence-corrected chi connectivity index (χ1v) is 5.45. The molecule has 0 amide bonds. The third-order valence-electron chi connectivity index (χ3n) is 2.34.